The molecule has 2 rings (SSSR count). The molecule has 4 heteroatoms. The van der Waals surface area contributed by atoms with Crippen molar-refractivity contribution in [2.24, 2.45) is 5.92 Å². The van der Waals surface area contributed by atoms with E-state index in [0.29, 0.717) is 16.0 Å². The van der Waals surface area contributed by atoms with Gasteiger partial charge in [0.2, 0.25) is 0 Å². The molecular formula is C17H25Cl2NO. The standard InChI is InChI=1S/C17H25Cl2NO/c1-3-21-17(12-8-5-4-6-9-12)16(20-2)13-10-7-11-14(18)15(13)19/h7,10-12,16-17,20H,3-6,8-9H2,1-2H3. The zero-order valence-corrected chi connectivity index (χ0v) is 14.4. The molecule has 0 spiro atoms. The summed E-state index contributed by atoms with van der Waals surface area (Å²) < 4.78 is 6.12. The van der Waals surface area contributed by atoms with E-state index in [9.17, 15) is 0 Å². The first-order chi connectivity index (χ1) is 10.2. The topological polar surface area (TPSA) is 21.3 Å². The maximum absolute atomic E-state index is 6.42. The predicted octanol–water partition coefficient (Wildman–Crippen LogP) is 5.24. The van der Waals surface area contributed by atoms with Crippen LogP contribution in [0.1, 0.15) is 50.6 Å². The van der Waals surface area contributed by atoms with Crippen molar-refractivity contribution in [1.82, 2.24) is 5.32 Å². The molecule has 1 N–H and O–H groups in total. The molecule has 1 aliphatic carbocycles. The van der Waals surface area contributed by atoms with Crippen LogP contribution in [0.2, 0.25) is 10.0 Å². The Morgan fingerprint density at radius 3 is 2.57 bits per heavy atom. The van der Waals surface area contributed by atoms with Gasteiger partial charge in [0.25, 0.3) is 0 Å². The van der Waals surface area contributed by atoms with Crippen molar-refractivity contribution < 1.29 is 4.74 Å². The molecular weight excluding hydrogens is 305 g/mol. The first-order valence-electron chi connectivity index (χ1n) is 7.91. The van der Waals surface area contributed by atoms with E-state index in [1.54, 1.807) is 0 Å². The highest BCUT2D eigenvalue weighted by Gasteiger charge is 2.32. The first kappa shape index (κ1) is 17.1. The smallest absolute Gasteiger partial charge is 0.0798 e. The van der Waals surface area contributed by atoms with E-state index in [1.807, 2.05) is 25.2 Å². The molecule has 1 fully saturated rings. The second-order valence-electron chi connectivity index (χ2n) is 5.73. The molecule has 0 amide bonds. The van der Waals surface area contributed by atoms with E-state index < -0.39 is 0 Å². The SMILES string of the molecule is CCOC(C1CCCCC1)C(NC)c1cccc(Cl)c1Cl. The van der Waals surface area contributed by atoms with Crippen LogP contribution < -0.4 is 5.32 Å². The van der Waals surface area contributed by atoms with Crippen molar-refractivity contribution in [2.75, 3.05) is 13.7 Å². The third kappa shape index (κ3) is 4.13. The van der Waals surface area contributed by atoms with Gasteiger partial charge in [0.15, 0.2) is 0 Å². The van der Waals surface area contributed by atoms with Crippen molar-refractivity contribution in [2.45, 2.75) is 51.2 Å². The Morgan fingerprint density at radius 2 is 1.95 bits per heavy atom. The van der Waals surface area contributed by atoms with E-state index >= 15 is 0 Å². The van der Waals surface area contributed by atoms with Crippen molar-refractivity contribution >= 4 is 23.2 Å². The summed E-state index contributed by atoms with van der Waals surface area (Å²) in [4.78, 5) is 0. The Labute approximate surface area is 138 Å². The third-order valence-corrected chi connectivity index (χ3v) is 5.26. The molecule has 1 aliphatic rings. The normalized spacial score (nSPS) is 19.4. The Bertz CT molecular complexity index is 446. The van der Waals surface area contributed by atoms with Gasteiger partial charge >= 0.3 is 0 Å². The summed E-state index contributed by atoms with van der Waals surface area (Å²) in [5, 5.41) is 4.64. The molecule has 0 saturated heterocycles. The second kappa shape index (κ2) is 8.38. The fraction of sp³-hybridized carbons (Fsp3) is 0.647. The van der Waals surface area contributed by atoms with Crippen LogP contribution in [-0.2, 0) is 4.74 Å². The van der Waals surface area contributed by atoms with Crippen LogP contribution in [0.4, 0.5) is 0 Å². The van der Waals surface area contributed by atoms with E-state index in [1.165, 1.54) is 32.1 Å². The number of hydrogen-bond donors (Lipinski definition) is 1. The van der Waals surface area contributed by atoms with Gasteiger partial charge in [-0.1, -0.05) is 54.6 Å². The van der Waals surface area contributed by atoms with Crippen molar-refractivity contribution in [3.05, 3.63) is 33.8 Å². The lowest BCUT2D eigenvalue weighted by molar-refractivity contribution is -0.0167. The predicted molar refractivity (Wildman–Crippen MR) is 90.3 cm³/mol. The van der Waals surface area contributed by atoms with Crippen LogP contribution in [0.15, 0.2) is 18.2 Å². The van der Waals surface area contributed by atoms with Gasteiger partial charge in [0.05, 0.1) is 22.2 Å². The average molecular weight is 330 g/mol. The average Bonchev–Trinajstić information content (AvgIpc) is 2.52. The summed E-state index contributed by atoms with van der Waals surface area (Å²) in [6.45, 7) is 2.78. The van der Waals surface area contributed by atoms with Crippen LogP contribution in [-0.4, -0.2) is 19.8 Å². The van der Waals surface area contributed by atoms with Crippen LogP contribution in [0.3, 0.4) is 0 Å². The monoisotopic (exact) mass is 329 g/mol. The molecule has 118 valence electrons. The molecule has 0 aromatic heterocycles. The minimum Gasteiger partial charge on any atom is -0.376 e. The quantitative estimate of drug-likeness (QED) is 0.770. The van der Waals surface area contributed by atoms with E-state index in [4.69, 9.17) is 27.9 Å². The van der Waals surface area contributed by atoms with Gasteiger partial charge in [-0.2, -0.15) is 0 Å². The maximum Gasteiger partial charge on any atom is 0.0798 e. The summed E-state index contributed by atoms with van der Waals surface area (Å²) in [5.41, 5.74) is 1.04. The summed E-state index contributed by atoms with van der Waals surface area (Å²) in [5.74, 6) is 0.589. The molecule has 0 aliphatic heterocycles. The number of benzene rings is 1. The van der Waals surface area contributed by atoms with Crippen LogP contribution in [0.25, 0.3) is 0 Å². The Balaban J connectivity index is 2.28. The lowest BCUT2D eigenvalue weighted by Crippen LogP contribution is -2.38. The van der Waals surface area contributed by atoms with Crippen molar-refractivity contribution in [3.63, 3.8) is 0 Å². The van der Waals surface area contributed by atoms with Gasteiger partial charge in [-0.05, 0) is 44.4 Å². The highest BCUT2D eigenvalue weighted by molar-refractivity contribution is 6.42. The number of hydrogen-bond acceptors (Lipinski definition) is 2. The van der Waals surface area contributed by atoms with Crippen LogP contribution >= 0.6 is 23.2 Å². The summed E-state index contributed by atoms with van der Waals surface area (Å²) in [6, 6.07) is 5.91. The molecule has 21 heavy (non-hydrogen) atoms. The summed E-state index contributed by atoms with van der Waals surface area (Å²) in [6.07, 6.45) is 6.57. The molecule has 1 aromatic rings. The zero-order chi connectivity index (χ0) is 15.2. The first-order valence-corrected chi connectivity index (χ1v) is 8.67. The zero-order valence-electron chi connectivity index (χ0n) is 12.9. The minimum atomic E-state index is 0.0826. The van der Waals surface area contributed by atoms with E-state index in [2.05, 4.69) is 12.2 Å². The van der Waals surface area contributed by atoms with Crippen LogP contribution in [0.5, 0.6) is 0 Å². The molecule has 0 radical (unpaired) electrons. The highest BCUT2D eigenvalue weighted by Crippen LogP contribution is 2.38. The number of halogens is 2. The van der Waals surface area contributed by atoms with Gasteiger partial charge in [0.1, 0.15) is 0 Å². The van der Waals surface area contributed by atoms with E-state index in [-0.39, 0.29) is 12.1 Å². The molecule has 2 nitrogen and oxygen atoms in total. The number of nitrogens with one attached hydrogen (secondary N) is 1. The molecule has 0 heterocycles. The number of likely N-dealkylation sites (N-methyl/N-ethyl adjacent to an activating group) is 1. The van der Waals surface area contributed by atoms with Crippen molar-refractivity contribution in [1.29, 1.82) is 0 Å². The lowest BCUT2D eigenvalue weighted by Gasteiger charge is -2.36. The van der Waals surface area contributed by atoms with Gasteiger partial charge in [-0.25, -0.2) is 0 Å². The fourth-order valence-corrected chi connectivity index (χ4v) is 3.84. The molecule has 1 saturated carbocycles. The van der Waals surface area contributed by atoms with Crippen molar-refractivity contribution in [3.8, 4) is 0 Å². The Hall–Kier alpha value is -0.280. The second-order valence-corrected chi connectivity index (χ2v) is 6.51. The minimum absolute atomic E-state index is 0.0826. The van der Waals surface area contributed by atoms with Gasteiger partial charge < -0.3 is 10.1 Å². The van der Waals surface area contributed by atoms with Gasteiger partial charge in [-0.15, -0.1) is 0 Å². The Morgan fingerprint density at radius 1 is 1.24 bits per heavy atom. The third-order valence-electron chi connectivity index (χ3n) is 4.43. The molecule has 2 unspecified atom stereocenters. The number of ether oxygens (including phenoxy) is 1. The Kier molecular flexibility index (Phi) is 6.81. The highest BCUT2D eigenvalue weighted by atomic mass is 35.5. The lowest BCUT2D eigenvalue weighted by atomic mass is 9.81. The molecule has 1 aromatic carbocycles. The molecule has 0 bridgehead atoms. The number of rotatable bonds is 6. The van der Waals surface area contributed by atoms with Crippen LogP contribution in [0, 0.1) is 5.92 Å². The fourth-order valence-electron chi connectivity index (χ4n) is 3.42. The summed E-state index contributed by atoms with van der Waals surface area (Å²) in [7, 11) is 1.97. The summed E-state index contributed by atoms with van der Waals surface area (Å²) >= 11 is 12.6. The largest absolute Gasteiger partial charge is 0.376 e. The van der Waals surface area contributed by atoms with E-state index in [0.717, 1.165) is 12.2 Å². The maximum atomic E-state index is 6.42. The van der Waals surface area contributed by atoms with Gasteiger partial charge in [0, 0.05) is 6.61 Å². The molecule has 2 atom stereocenters. The van der Waals surface area contributed by atoms with Gasteiger partial charge in [-0.3, -0.25) is 0 Å².